The molecule has 2 fully saturated rings. The molecule has 0 radical (unpaired) electrons. The molecule has 0 aromatic carbocycles. The van der Waals surface area contributed by atoms with Gasteiger partial charge in [0.25, 0.3) is 0 Å². The molecule has 1 nitrogen and oxygen atoms in total. The summed E-state index contributed by atoms with van der Waals surface area (Å²) in [6.07, 6.45) is 16.7. The molecule has 0 spiro atoms. The molecular weight excluding hydrogens is 232 g/mol. The van der Waals surface area contributed by atoms with Gasteiger partial charge in [0.15, 0.2) is 0 Å². The maximum atomic E-state index is 9.89. The van der Waals surface area contributed by atoms with Gasteiger partial charge in [-0.05, 0) is 67.4 Å². The van der Waals surface area contributed by atoms with Crippen molar-refractivity contribution in [2.75, 3.05) is 0 Å². The maximum absolute atomic E-state index is 9.89. The Labute approximate surface area is 116 Å². The molecule has 102 valence electrons. The minimum Gasteiger partial charge on any atom is -0.393 e. The summed E-state index contributed by atoms with van der Waals surface area (Å²) < 4.78 is 0. The Morgan fingerprint density at radius 1 is 1.26 bits per heavy atom. The number of allylic oxidation sites excluding steroid dienone is 6. The van der Waals surface area contributed by atoms with Crippen molar-refractivity contribution in [1.29, 1.82) is 0 Å². The molecular formula is C18H24O. The quantitative estimate of drug-likeness (QED) is 0.694. The van der Waals surface area contributed by atoms with E-state index in [1.165, 1.54) is 25.7 Å². The lowest BCUT2D eigenvalue weighted by atomic mass is 9.56. The summed E-state index contributed by atoms with van der Waals surface area (Å²) in [5.41, 5.74) is 3.59. The van der Waals surface area contributed by atoms with Gasteiger partial charge in [-0.3, -0.25) is 0 Å². The molecule has 1 N–H and O–H groups in total. The van der Waals surface area contributed by atoms with Crippen molar-refractivity contribution in [3.63, 3.8) is 0 Å². The maximum Gasteiger partial charge on any atom is 0.0543 e. The first-order valence-electron chi connectivity index (χ1n) is 7.96. The van der Waals surface area contributed by atoms with Gasteiger partial charge in [0.2, 0.25) is 0 Å². The molecule has 0 aliphatic heterocycles. The Morgan fingerprint density at radius 2 is 2.16 bits per heavy atom. The molecule has 4 aliphatic carbocycles. The van der Waals surface area contributed by atoms with Crippen LogP contribution >= 0.6 is 0 Å². The molecule has 1 heteroatoms. The Bertz CT molecular complexity index is 484. The van der Waals surface area contributed by atoms with E-state index in [4.69, 9.17) is 0 Å². The fraction of sp³-hybridized carbons (Fsp3) is 0.667. The average Bonchev–Trinajstić information content (AvgIpc) is 2.79. The van der Waals surface area contributed by atoms with Gasteiger partial charge in [-0.25, -0.2) is 0 Å². The Kier molecular flexibility index (Phi) is 2.57. The zero-order valence-corrected chi connectivity index (χ0v) is 11.8. The SMILES string of the molecule is C[C@@]12C=CC=C1C1=CCC3CC(O)CC[C@@H]3[C@H]1CC2. The van der Waals surface area contributed by atoms with Gasteiger partial charge in [0.05, 0.1) is 6.10 Å². The second-order valence-electron chi connectivity index (χ2n) is 7.29. The molecule has 0 aromatic rings. The lowest BCUT2D eigenvalue weighted by Gasteiger charge is -2.48. The van der Waals surface area contributed by atoms with Crippen LogP contribution in [0.25, 0.3) is 0 Å². The van der Waals surface area contributed by atoms with Crippen LogP contribution in [0.1, 0.15) is 45.4 Å². The van der Waals surface area contributed by atoms with E-state index in [1.807, 2.05) is 0 Å². The predicted molar refractivity (Wildman–Crippen MR) is 77.6 cm³/mol. The Morgan fingerprint density at radius 3 is 3.05 bits per heavy atom. The highest BCUT2D eigenvalue weighted by Crippen LogP contribution is 2.56. The van der Waals surface area contributed by atoms with E-state index >= 15 is 0 Å². The number of hydrogen-bond acceptors (Lipinski definition) is 1. The fourth-order valence-corrected chi connectivity index (χ4v) is 5.14. The summed E-state index contributed by atoms with van der Waals surface area (Å²) in [7, 11) is 0. The van der Waals surface area contributed by atoms with Gasteiger partial charge in [0.1, 0.15) is 0 Å². The summed E-state index contributed by atoms with van der Waals surface area (Å²) in [4.78, 5) is 0. The van der Waals surface area contributed by atoms with E-state index in [2.05, 4.69) is 31.2 Å². The minimum atomic E-state index is -0.0302. The standard InChI is InChI=1S/C18H24O/c1-18-9-2-3-17(18)16-6-4-12-11-13(19)5-7-14(12)15(16)8-10-18/h2-3,6,9,12-15,19H,4-5,7-8,10-11H2,1H3/t12?,13?,14-,15+,18-/m0/s1. The molecule has 0 amide bonds. The summed E-state index contributed by atoms with van der Waals surface area (Å²) in [5.74, 6) is 2.37. The van der Waals surface area contributed by atoms with Gasteiger partial charge >= 0.3 is 0 Å². The topological polar surface area (TPSA) is 20.2 Å². The lowest BCUT2D eigenvalue weighted by molar-refractivity contribution is 0.0423. The first-order chi connectivity index (χ1) is 9.17. The zero-order chi connectivity index (χ0) is 13.0. The zero-order valence-electron chi connectivity index (χ0n) is 11.8. The highest BCUT2D eigenvalue weighted by molar-refractivity contribution is 5.50. The number of rotatable bonds is 0. The van der Waals surface area contributed by atoms with Crippen LogP contribution in [0.3, 0.4) is 0 Å². The smallest absolute Gasteiger partial charge is 0.0543 e. The Balaban J connectivity index is 1.67. The van der Waals surface area contributed by atoms with Crippen molar-refractivity contribution < 1.29 is 5.11 Å². The van der Waals surface area contributed by atoms with Gasteiger partial charge in [-0.15, -0.1) is 0 Å². The third-order valence-corrected chi connectivity index (χ3v) is 6.20. The van der Waals surface area contributed by atoms with Gasteiger partial charge < -0.3 is 5.11 Å². The van der Waals surface area contributed by atoms with Gasteiger partial charge in [-0.2, -0.15) is 0 Å². The number of aliphatic hydroxyl groups is 1. The first-order valence-corrected chi connectivity index (χ1v) is 7.96. The van der Waals surface area contributed by atoms with Crippen LogP contribution in [0.5, 0.6) is 0 Å². The fourth-order valence-electron chi connectivity index (χ4n) is 5.14. The molecule has 2 saturated carbocycles. The van der Waals surface area contributed by atoms with E-state index in [9.17, 15) is 5.11 Å². The van der Waals surface area contributed by atoms with E-state index in [0.717, 1.165) is 30.6 Å². The third kappa shape index (κ3) is 1.71. The van der Waals surface area contributed by atoms with Crippen LogP contribution in [-0.4, -0.2) is 11.2 Å². The minimum absolute atomic E-state index is 0.0302. The lowest BCUT2D eigenvalue weighted by Crippen LogP contribution is -2.39. The summed E-state index contributed by atoms with van der Waals surface area (Å²) >= 11 is 0. The van der Waals surface area contributed by atoms with E-state index in [-0.39, 0.29) is 6.10 Å². The number of fused-ring (bicyclic) bond motifs is 5. The van der Waals surface area contributed by atoms with Crippen molar-refractivity contribution in [2.24, 2.45) is 23.2 Å². The predicted octanol–water partition coefficient (Wildman–Crippen LogP) is 4.01. The highest BCUT2D eigenvalue weighted by atomic mass is 16.3. The Hall–Kier alpha value is -0.820. The van der Waals surface area contributed by atoms with Crippen molar-refractivity contribution in [3.8, 4) is 0 Å². The van der Waals surface area contributed by atoms with E-state index < -0.39 is 0 Å². The van der Waals surface area contributed by atoms with Crippen molar-refractivity contribution in [2.45, 2.75) is 51.6 Å². The van der Waals surface area contributed by atoms with Crippen LogP contribution in [0.2, 0.25) is 0 Å². The number of hydrogen-bond donors (Lipinski definition) is 1. The average molecular weight is 256 g/mol. The van der Waals surface area contributed by atoms with Crippen LogP contribution in [-0.2, 0) is 0 Å². The molecule has 5 atom stereocenters. The van der Waals surface area contributed by atoms with Crippen LogP contribution in [0, 0.1) is 23.2 Å². The van der Waals surface area contributed by atoms with Crippen LogP contribution in [0.4, 0.5) is 0 Å². The molecule has 0 aromatic heterocycles. The third-order valence-electron chi connectivity index (χ3n) is 6.20. The summed E-state index contributed by atoms with van der Waals surface area (Å²) in [6, 6.07) is 0. The molecule has 4 aliphatic rings. The molecule has 19 heavy (non-hydrogen) atoms. The van der Waals surface area contributed by atoms with Crippen LogP contribution in [0.15, 0.2) is 35.5 Å². The van der Waals surface area contributed by atoms with Gasteiger partial charge in [-0.1, -0.05) is 31.2 Å². The molecule has 0 bridgehead atoms. The molecule has 4 rings (SSSR count). The largest absolute Gasteiger partial charge is 0.393 e. The van der Waals surface area contributed by atoms with Crippen molar-refractivity contribution >= 4 is 0 Å². The molecule has 2 unspecified atom stereocenters. The second-order valence-corrected chi connectivity index (χ2v) is 7.29. The summed E-state index contributed by atoms with van der Waals surface area (Å²) in [5, 5.41) is 9.89. The van der Waals surface area contributed by atoms with E-state index in [1.54, 1.807) is 11.1 Å². The monoisotopic (exact) mass is 256 g/mol. The highest BCUT2D eigenvalue weighted by Gasteiger charge is 2.45. The summed E-state index contributed by atoms with van der Waals surface area (Å²) in [6.45, 7) is 2.40. The second kappa shape index (κ2) is 4.09. The number of aliphatic hydroxyl groups excluding tert-OH is 1. The van der Waals surface area contributed by atoms with Gasteiger partial charge in [0, 0.05) is 5.41 Å². The van der Waals surface area contributed by atoms with Crippen LogP contribution < -0.4 is 0 Å². The van der Waals surface area contributed by atoms with Crippen molar-refractivity contribution in [3.05, 3.63) is 35.5 Å². The molecule has 0 saturated heterocycles. The first kappa shape index (κ1) is 12.0. The normalized spacial score (nSPS) is 47.9. The van der Waals surface area contributed by atoms with E-state index in [0.29, 0.717) is 5.41 Å². The van der Waals surface area contributed by atoms with Crippen molar-refractivity contribution in [1.82, 2.24) is 0 Å². The molecule has 0 heterocycles.